The van der Waals surface area contributed by atoms with E-state index in [1.165, 1.54) is 80.8 Å². The van der Waals surface area contributed by atoms with Gasteiger partial charge in [0.05, 0.1) is 16.6 Å². The van der Waals surface area contributed by atoms with E-state index in [4.69, 9.17) is 4.98 Å². The first kappa shape index (κ1) is 35.1. The molecule has 1 aliphatic heterocycles. The van der Waals surface area contributed by atoms with Crippen molar-refractivity contribution >= 4 is 93.9 Å². The van der Waals surface area contributed by atoms with Crippen LogP contribution in [0.4, 0.5) is 11.4 Å². The number of imidazole rings is 1. The Labute approximate surface area is 344 Å². The van der Waals surface area contributed by atoms with Gasteiger partial charge in [0.2, 0.25) is 0 Å². The van der Waals surface area contributed by atoms with E-state index in [2.05, 4.69) is 204 Å². The second-order valence-electron chi connectivity index (χ2n) is 18.1. The molecule has 0 unspecified atom stereocenters. The maximum absolute atomic E-state index is 5.24. The minimum atomic E-state index is -0.0241. The number of nitrogens with one attached hydrogen (secondary N) is 1. The zero-order valence-electron chi connectivity index (χ0n) is 34.0. The van der Waals surface area contributed by atoms with E-state index in [9.17, 15) is 0 Å². The summed E-state index contributed by atoms with van der Waals surface area (Å²) >= 11 is 1.88. The van der Waals surface area contributed by atoms with Gasteiger partial charge in [-0.1, -0.05) is 126 Å². The molecule has 6 heteroatoms. The van der Waals surface area contributed by atoms with Gasteiger partial charge in [0.1, 0.15) is 5.82 Å². The Kier molecular flexibility index (Phi) is 7.53. The molecule has 0 fully saturated rings. The number of benzene rings is 7. The van der Waals surface area contributed by atoms with Crippen LogP contribution in [0, 0.1) is 0 Å². The molecule has 281 valence electrons. The second kappa shape index (κ2) is 12.4. The van der Waals surface area contributed by atoms with E-state index >= 15 is 0 Å². The van der Waals surface area contributed by atoms with Crippen LogP contribution in [0.15, 0.2) is 133 Å². The molecule has 0 bridgehead atoms. The van der Waals surface area contributed by atoms with Gasteiger partial charge in [-0.25, -0.2) is 4.98 Å². The maximum atomic E-state index is 5.24. The van der Waals surface area contributed by atoms with Crippen molar-refractivity contribution in [1.29, 1.82) is 0 Å². The first-order chi connectivity index (χ1) is 27.9. The fourth-order valence-corrected chi connectivity index (χ4v) is 10.2. The standard InChI is InChI=1S/C52H44BN4S/c1-51(2,3)31-17-20-33(21-18-31)54-41-24-19-32(52(4,5)6)25-37(41)35-22-23-36-38-26-39-34-15-11-12-16-46(34)58-47(39)29-43(38)57-44-28-45-42(27-40(44)53-48(35)49(36)57)55-50(56(45)7)30-13-9-8-10-14-30/h8-29,54H,1-7H3. The molecular weight excluding hydrogens is 723 g/mol. The largest absolute Gasteiger partial charge is 0.355 e. The van der Waals surface area contributed by atoms with Gasteiger partial charge in [-0.2, -0.15) is 0 Å². The van der Waals surface area contributed by atoms with Crippen molar-refractivity contribution in [2.45, 2.75) is 52.4 Å². The van der Waals surface area contributed by atoms with E-state index in [1.807, 2.05) is 11.3 Å². The molecule has 3 aromatic heterocycles. The lowest BCUT2D eigenvalue weighted by Crippen LogP contribution is -2.37. The molecule has 11 rings (SSSR count). The average molecular weight is 768 g/mol. The Morgan fingerprint density at radius 3 is 2.12 bits per heavy atom. The van der Waals surface area contributed by atoms with Gasteiger partial charge in [-0.3, -0.25) is 0 Å². The molecular formula is C52H44BN4S. The molecule has 0 atom stereocenters. The molecule has 1 N–H and O–H groups in total. The summed E-state index contributed by atoms with van der Waals surface area (Å²) in [4.78, 5) is 5.24. The molecule has 1 radical (unpaired) electrons. The highest BCUT2D eigenvalue weighted by Crippen LogP contribution is 2.43. The van der Waals surface area contributed by atoms with Crippen LogP contribution in [0.3, 0.4) is 0 Å². The Bertz CT molecular complexity index is 3300. The van der Waals surface area contributed by atoms with E-state index in [-0.39, 0.29) is 10.8 Å². The Morgan fingerprint density at radius 2 is 1.34 bits per heavy atom. The summed E-state index contributed by atoms with van der Waals surface area (Å²) < 4.78 is 7.42. The van der Waals surface area contributed by atoms with Crippen LogP contribution < -0.4 is 16.2 Å². The summed E-state index contributed by atoms with van der Waals surface area (Å²) in [5.41, 5.74) is 16.5. The number of thiophene rings is 1. The van der Waals surface area contributed by atoms with Crippen molar-refractivity contribution in [3.05, 3.63) is 145 Å². The molecule has 58 heavy (non-hydrogen) atoms. The zero-order valence-corrected chi connectivity index (χ0v) is 34.8. The van der Waals surface area contributed by atoms with Gasteiger partial charge >= 0.3 is 0 Å². The van der Waals surface area contributed by atoms with Crippen LogP contribution in [0.25, 0.3) is 81.2 Å². The summed E-state index contributed by atoms with van der Waals surface area (Å²) in [6.45, 7) is 13.7. The zero-order chi connectivity index (χ0) is 39.7. The van der Waals surface area contributed by atoms with E-state index < -0.39 is 0 Å². The summed E-state index contributed by atoms with van der Waals surface area (Å²) in [5, 5.41) is 9.03. The van der Waals surface area contributed by atoms with E-state index in [0.717, 1.165) is 33.8 Å². The molecule has 7 aromatic carbocycles. The number of nitrogens with zero attached hydrogens (tertiary/aromatic N) is 3. The maximum Gasteiger partial charge on any atom is 0.198 e. The number of rotatable bonds is 4. The fraction of sp³-hybridized carbons (Fsp3) is 0.173. The van der Waals surface area contributed by atoms with Crippen LogP contribution in [-0.2, 0) is 17.9 Å². The van der Waals surface area contributed by atoms with Crippen molar-refractivity contribution in [2.24, 2.45) is 7.05 Å². The molecule has 0 aliphatic carbocycles. The fourth-order valence-electron chi connectivity index (χ4n) is 9.08. The predicted octanol–water partition coefficient (Wildman–Crippen LogP) is 12.7. The van der Waals surface area contributed by atoms with Gasteiger partial charge < -0.3 is 14.5 Å². The highest BCUT2D eigenvalue weighted by atomic mass is 32.1. The predicted molar refractivity (Wildman–Crippen MR) is 251 cm³/mol. The lowest BCUT2D eigenvalue weighted by atomic mass is 9.59. The topological polar surface area (TPSA) is 34.8 Å². The quantitative estimate of drug-likeness (QED) is 0.181. The first-order valence-electron chi connectivity index (χ1n) is 20.3. The molecule has 4 nitrogen and oxygen atoms in total. The number of anilines is 2. The second-order valence-corrected chi connectivity index (χ2v) is 19.2. The number of hydrogen-bond acceptors (Lipinski definition) is 3. The highest BCUT2D eigenvalue weighted by molar-refractivity contribution is 7.25. The third-order valence-electron chi connectivity index (χ3n) is 12.3. The van der Waals surface area contributed by atoms with Gasteiger partial charge in [-0.05, 0) is 87.6 Å². The molecule has 10 aromatic rings. The third-order valence-corrected chi connectivity index (χ3v) is 13.4. The molecule has 4 heterocycles. The van der Waals surface area contributed by atoms with Crippen molar-refractivity contribution in [2.75, 3.05) is 5.32 Å². The SMILES string of the molecule is Cn1c(-c2ccccc2)nc2cc3c(cc21)-n1c2cc4sc5ccccc5c4cc2c2ccc(-c4cc(C(C)(C)C)ccc4Nc4ccc(C(C)(C)C)cc4)c(c21)[B]3. The van der Waals surface area contributed by atoms with Crippen molar-refractivity contribution in [1.82, 2.24) is 14.1 Å². The minimum Gasteiger partial charge on any atom is -0.355 e. The van der Waals surface area contributed by atoms with Gasteiger partial charge in [-0.15, -0.1) is 11.3 Å². The number of hydrogen-bond donors (Lipinski definition) is 1. The monoisotopic (exact) mass is 767 g/mol. The molecule has 0 saturated carbocycles. The Hall–Kier alpha value is -6.11. The van der Waals surface area contributed by atoms with Crippen molar-refractivity contribution < 1.29 is 0 Å². The molecule has 0 spiro atoms. The van der Waals surface area contributed by atoms with E-state index in [1.54, 1.807) is 0 Å². The van der Waals surface area contributed by atoms with E-state index in [0.29, 0.717) is 0 Å². The number of aryl methyl sites for hydroxylation is 1. The highest BCUT2D eigenvalue weighted by Gasteiger charge is 2.29. The smallest absolute Gasteiger partial charge is 0.198 e. The third kappa shape index (κ3) is 5.38. The van der Waals surface area contributed by atoms with Crippen LogP contribution in [0.1, 0.15) is 52.7 Å². The van der Waals surface area contributed by atoms with Gasteiger partial charge in [0.25, 0.3) is 0 Å². The van der Waals surface area contributed by atoms with Crippen LogP contribution in [-0.4, -0.2) is 21.4 Å². The number of fused-ring (bicyclic) bond motifs is 9. The summed E-state index contributed by atoms with van der Waals surface area (Å²) in [6.07, 6.45) is 0. The Morgan fingerprint density at radius 1 is 0.603 bits per heavy atom. The summed E-state index contributed by atoms with van der Waals surface area (Å²) in [5.74, 6) is 0.968. The van der Waals surface area contributed by atoms with Gasteiger partial charge in [0.15, 0.2) is 7.28 Å². The summed E-state index contributed by atoms with van der Waals surface area (Å²) in [6, 6.07) is 49.5. The number of aromatic nitrogens is 3. The van der Waals surface area contributed by atoms with Crippen molar-refractivity contribution in [3.8, 4) is 28.2 Å². The molecule has 0 amide bonds. The first-order valence-corrected chi connectivity index (χ1v) is 21.1. The minimum absolute atomic E-state index is 0.0241. The molecule has 0 saturated heterocycles. The average Bonchev–Trinajstić information content (AvgIpc) is 3.85. The normalized spacial score (nSPS) is 12.9. The lowest BCUT2D eigenvalue weighted by molar-refractivity contribution is 0.590. The van der Waals surface area contributed by atoms with Crippen molar-refractivity contribution in [3.63, 3.8) is 0 Å². The molecule has 1 aliphatic rings. The van der Waals surface area contributed by atoms with Crippen LogP contribution in [0.5, 0.6) is 0 Å². The van der Waals surface area contributed by atoms with Gasteiger partial charge in [0, 0.05) is 71.7 Å². The summed E-state index contributed by atoms with van der Waals surface area (Å²) in [7, 11) is 4.56. The Balaban J connectivity index is 1.18. The lowest BCUT2D eigenvalue weighted by Gasteiger charge is -2.26. The van der Waals surface area contributed by atoms with Crippen LogP contribution >= 0.6 is 11.3 Å². The van der Waals surface area contributed by atoms with Crippen LogP contribution in [0.2, 0.25) is 0 Å².